The third-order valence-electron chi connectivity index (χ3n) is 3.34. The van der Waals surface area contributed by atoms with E-state index in [0.29, 0.717) is 6.54 Å². The molecule has 4 heteroatoms. The molecule has 96 valence electrons. The number of Topliss-reactive ketones (excluding diaryl/α,β-unsaturated/α-hetero) is 1. The summed E-state index contributed by atoms with van der Waals surface area (Å²) in [6, 6.07) is 11.5. The maximum Gasteiger partial charge on any atom is 0.173 e. The molecule has 0 fully saturated rings. The molecule has 0 bridgehead atoms. The average Bonchev–Trinajstić information content (AvgIpc) is 2.84. The van der Waals surface area contributed by atoms with E-state index in [1.165, 1.54) is 18.2 Å². The zero-order valence-corrected chi connectivity index (χ0v) is 10.7. The molecule has 0 saturated carbocycles. The van der Waals surface area contributed by atoms with Crippen LogP contribution in [0, 0.1) is 5.82 Å². The molecular formula is C15H11ClFNO. The Morgan fingerprint density at radius 2 is 2.05 bits per heavy atom. The molecule has 1 heterocycles. The monoisotopic (exact) mass is 275 g/mol. The molecule has 19 heavy (non-hydrogen) atoms. The molecular weight excluding hydrogens is 265 g/mol. The van der Waals surface area contributed by atoms with E-state index in [1.54, 1.807) is 0 Å². The number of carbonyl (C=O) groups excluding carboxylic acids is 1. The van der Waals surface area contributed by atoms with E-state index in [2.05, 4.69) is 5.32 Å². The predicted octanol–water partition coefficient (Wildman–Crippen LogP) is 3.87. The fourth-order valence-corrected chi connectivity index (χ4v) is 2.60. The van der Waals surface area contributed by atoms with Gasteiger partial charge in [-0.1, -0.05) is 29.8 Å². The lowest BCUT2D eigenvalue weighted by atomic mass is 9.92. The Kier molecular flexibility index (Phi) is 2.99. The van der Waals surface area contributed by atoms with Gasteiger partial charge in [0.1, 0.15) is 5.82 Å². The first-order valence-electron chi connectivity index (χ1n) is 5.99. The Morgan fingerprint density at radius 3 is 2.89 bits per heavy atom. The molecule has 1 atom stereocenters. The second-order valence-corrected chi connectivity index (χ2v) is 4.92. The fraction of sp³-hybridized carbons (Fsp3) is 0.133. The number of benzene rings is 2. The van der Waals surface area contributed by atoms with Crippen LogP contribution in [0.1, 0.15) is 21.8 Å². The molecule has 1 aliphatic rings. The number of nitrogens with one attached hydrogen (secondary N) is 1. The lowest BCUT2D eigenvalue weighted by Gasteiger charge is -2.10. The lowest BCUT2D eigenvalue weighted by molar-refractivity contribution is 0.0966. The number of halogens is 2. The summed E-state index contributed by atoms with van der Waals surface area (Å²) in [5.41, 5.74) is 2.13. The molecule has 2 aromatic rings. The van der Waals surface area contributed by atoms with Crippen molar-refractivity contribution in [1.29, 1.82) is 0 Å². The van der Waals surface area contributed by atoms with Gasteiger partial charge in [-0.3, -0.25) is 4.79 Å². The molecule has 0 saturated heterocycles. The Balaban J connectivity index is 2.00. The Labute approximate surface area is 115 Å². The Bertz CT molecular complexity index is 656. The number of hydrogen-bond donors (Lipinski definition) is 1. The highest BCUT2D eigenvalue weighted by molar-refractivity contribution is 6.34. The topological polar surface area (TPSA) is 29.1 Å². The number of carbonyl (C=O) groups is 1. The molecule has 0 aliphatic carbocycles. The molecule has 1 N–H and O–H groups in total. The summed E-state index contributed by atoms with van der Waals surface area (Å²) in [5.74, 6) is -0.913. The highest BCUT2D eigenvalue weighted by Gasteiger charge is 2.30. The van der Waals surface area contributed by atoms with Gasteiger partial charge in [0.15, 0.2) is 5.78 Å². The van der Waals surface area contributed by atoms with Crippen LogP contribution in [-0.2, 0) is 0 Å². The third-order valence-corrected chi connectivity index (χ3v) is 3.67. The minimum Gasteiger partial charge on any atom is -0.384 e. The van der Waals surface area contributed by atoms with Crippen LogP contribution < -0.4 is 5.32 Å². The van der Waals surface area contributed by atoms with E-state index in [-0.39, 0.29) is 22.3 Å². The van der Waals surface area contributed by atoms with Crippen LogP contribution in [0.3, 0.4) is 0 Å². The quantitative estimate of drug-likeness (QED) is 0.843. The molecule has 0 amide bonds. The molecule has 0 radical (unpaired) electrons. The van der Waals surface area contributed by atoms with Gasteiger partial charge in [0, 0.05) is 17.8 Å². The SMILES string of the molecule is O=C(c1cc(F)ccc1Cl)C1CNc2ccccc21. The van der Waals surface area contributed by atoms with Crippen molar-refractivity contribution in [1.82, 2.24) is 0 Å². The second-order valence-electron chi connectivity index (χ2n) is 4.51. The minimum atomic E-state index is -0.452. The number of ketones is 1. The van der Waals surface area contributed by atoms with Crippen molar-refractivity contribution in [3.63, 3.8) is 0 Å². The minimum absolute atomic E-state index is 0.151. The first-order valence-corrected chi connectivity index (χ1v) is 6.36. The van der Waals surface area contributed by atoms with Gasteiger partial charge in [-0.25, -0.2) is 4.39 Å². The first kappa shape index (κ1) is 12.2. The summed E-state index contributed by atoms with van der Waals surface area (Å²) in [4.78, 5) is 12.5. The van der Waals surface area contributed by atoms with Gasteiger partial charge in [0.2, 0.25) is 0 Å². The largest absolute Gasteiger partial charge is 0.384 e. The summed E-state index contributed by atoms with van der Waals surface area (Å²) in [5, 5.41) is 3.47. The van der Waals surface area contributed by atoms with Gasteiger partial charge in [-0.15, -0.1) is 0 Å². The Morgan fingerprint density at radius 1 is 1.26 bits per heavy atom. The van der Waals surface area contributed by atoms with Crippen LogP contribution in [0.25, 0.3) is 0 Å². The van der Waals surface area contributed by atoms with Crippen LogP contribution in [0.15, 0.2) is 42.5 Å². The number of rotatable bonds is 2. The van der Waals surface area contributed by atoms with Gasteiger partial charge < -0.3 is 5.32 Å². The number of fused-ring (bicyclic) bond motifs is 1. The molecule has 0 aromatic heterocycles. The highest BCUT2D eigenvalue weighted by atomic mass is 35.5. The first-order chi connectivity index (χ1) is 9.16. The summed E-state index contributed by atoms with van der Waals surface area (Å²) in [6.45, 7) is 0.519. The van der Waals surface area contributed by atoms with E-state index >= 15 is 0 Å². The molecule has 2 aromatic carbocycles. The van der Waals surface area contributed by atoms with Crippen LogP contribution in [0.4, 0.5) is 10.1 Å². The van der Waals surface area contributed by atoms with Crippen molar-refractivity contribution >= 4 is 23.1 Å². The molecule has 0 spiro atoms. The van der Waals surface area contributed by atoms with Crippen molar-refractivity contribution in [2.75, 3.05) is 11.9 Å². The molecule has 2 nitrogen and oxygen atoms in total. The standard InChI is InChI=1S/C15H11ClFNO/c16-13-6-5-9(17)7-11(13)15(19)12-8-18-14-4-2-1-3-10(12)14/h1-7,12,18H,8H2. The van der Waals surface area contributed by atoms with E-state index in [1.807, 2.05) is 24.3 Å². The summed E-state index contributed by atoms with van der Waals surface area (Å²) >= 11 is 5.99. The van der Waals surface area contributed by atoms with Crippen molar-refractivity contribution in [3.05, 3.63) is 64.4 Å². The molecule has 1 unspecified atom stereocenters. The maximum atomic E-state index is 13.3. The molecule has 1 aliphatic heterocycles. The fourth-order valence-electron chi connectivity index (χ4n) is 2.39. The molecule has 3 rings (SSSR count). The van der Waals surface area contributed by atoms with Crippen molar-refractivity contribution in [2.45, 2.75) is 5.92 Å². The van der Waals surface area contributed by atoms with E-state index in [9.17, 15) is 9.18 Å². The average molecular weight is 276 g/mol. The van der Waals surface area contributed by atoms with E-state index in [4.69, 9.17) is 11.6 Å². The highest BCUT2D eigenvalue weighted by Crippen LogP contribution is 2.34. The van der Waals surface area contributed by atoms with Gasteiger partial charge >= 0.3 is 0 Å². The van der Waals surface area contributed by atoms with Gasteiger partial charge in [0.05, 0.1) is 10.9 Å². The van der Waals surface area contributed by atoms with E-state index in [0.717, 1.165) is 11.3 Å². The van der Waals surface area contributed by atoms with Crippen molar-refractivity contribution < 1.29 is 9.18 Å². The van der Waals surface area contributed by atoms with Crippen molar-refractivity contribution in [3.8, 4) is 0 Å². The Hall–Kier alpha value is -1.87. The summed E-state index contributed by atoms with van der Waals surface area (Å²) in [7, 11) is 0. The van der Waals surface area contributed by atoms with Crippen LogP contribution >= 0.6 is 11.6 Å². The van der Waals surface area contributed by atoms with Crippen LogP contribution in [0.5, 0.6) is 0 Å². The van der Waals surface area contributed by atoms with Gasteiger partial charge in [0.25, 0.3) is 0 Å². The van der Waals surface area contributed by atoms with Crippen LogP contribution in [-0.4, -0.2) is 12.3 Å². The summed E-state index contributed by atoms with van der Waals surface area (Å²) in [6.07, 6.45) is 0. The predicted molar refractivity (Wildman–Crippen MR) is 73.4 cm³/mol. The lowest BCUT2D eigenvalue weighted by Crippen LogP contribution is -2.15. The zero-order chi connectivity index (χ0) is 13.4. The smallest absolute Gasteiger partial charge is 0.173 e. The van der Waals surface area contributed by atoms with Gasteiger partial charge in [-0.05, 0) is 29.8 Å². The van der Waals surface area contributed by atoms with Crippen molar-refractivity contribution in [2.24, 2.45) is 0 Å². The third kappa shape index (κ3) is 2.10. The van der Waals surface area contributed by atoms with E-state index < -0.39 is 5.82 Å². The second kappa shape index (κ2) is 4.67. The van der Waals surface area contributed by atoms with Gasteiger partial charge in [-0.2, -0.15) is 0 Å². The number of para-hydroxylation sites is 1. The van der Waals surface area contributed by atoms with Crippen LogP contribution in [0.2, 0.25) is 5.02 Å². The zero-order valence-electron chi connectivity index (χ0n) is 9.99. The summed E-state index contributed by atoms with van der Waals surface area (Å²) < 4.78 is 13.3. The maximum absolute atomic E-state index is 13.3. The number of hydrogen-bond acceptors (Lipinski definition) is 2. The number of anilines is 1. The normalized spacial score (nSPS) is 16.8.